The molecule has 3 heterocycles. The molecular formula is C20H14F3N5O2. The van der Waals surface area contributed by atoms with Crippen LogP contribution in [0.15, 0.2) is 55.1 Å². The van der Waals surface area contributed by atoms with Gasteiger partial charge in [-0.2, -0.15) is 23.5 Å². The second-order valence-corrected chi connectivity index (χ2v) is 6.19. The zero-order valence-corrected chi connectivity index (χ0v) is 15.5. The van der Waals surface area contributed by atoms with Crippen molar-refractivity contribution in [1.29, 1.82) is 5.26 Å². The van der Waals surface area contributed by atoms with Crippen LogP contribution in [0.5, 0.6) is 0 Å². The van der Waals surface area contributed by atoms with E-state index in [1.165, 1.54) is 0 Å². The maximum absolute atomic E-state index is 10.6. The smallest absolute Gasteiger partial charge is 0.475 e. The highest BCUT2D eigenvalue weighted by Gasteiger charge is 2.38. The van der Waals surface area contributed by atoms with Crippen molar-refractivity contribution in [2.45, 2.75) is 13.1 Å². The third-order valence-electron chi connectivity index (χ3n) is 4.17. The van der Waals surface area contributed by atoms with Crippen LogP contribution in [-0.4, -0.2) is 37.0 Å². The van der Waals surface area contributed by atoms with Gasteiger partial charge in [0, 0.05) is 29.5 Å². The lowest BCUT2D eigenvalue weighted by molar-refractivity contribution is -0.192. The predicted molar refractivity (Wildman–Crippen MR) is 102 cm³/mol. The Morgan fingerprint density at radius 2 is 2.00 bits per heavy atom. The predicted octanol–water partition coefficient (Wildman–Crippen LogP) is 4.23. The Hall–Kier alpha value is -4.13. The van der Waals surface area contributed by atoms with Gasteiger partial charge in [0.05, 0.1) is 23.5 Å². The van der Waals surface area contributed by atoms with Crippen molar-refractivity contribution in [3.63, 3.8) is 0 Å². The van der Waals surface area contributed by atoms with Gasteiger partial charge in [-0.05, 0) is 48.4 Å². The van der Waals surface area contributed by atoms with E-state index in [9.17, 15) is 13.2 Å². The molecule has 0 aliphatic heterocycles. The number of aryl methyl sites for hydroxylation is 1. The lowest BCUT2D eigenvalue weighted by atomic mass is 10.1. The quantitative estimate of drug-likeness (QED) is 0.511. The van der Waals surface area contributed by atoms with Gasteiger partial charge in [-0.1, -0.05) is 0 Å². The van der Waals surface area contributed by atoms with Crippen molar-refractivity contribution < 1.29 is 23.1 Å². The zero-order chi connectivity index (χ0) is 21.9. The molecule has 4 rings (SSSR count). The molecule has 0 aliphatic carbocycles. The highest BCUT2D eigenvalue weighted by atomic mass is 19.4. The number of hydrogen-bond acceptors (Lipinski definition) is 4. The summed E-state index contributed by atoms with van der Waals surface area (Å²) in [4.78, 5) is 16.3. The van der Waals surface area contributed by atoms with E-state index in [1.807, 2.05) is 54.5 Å². The number of nitrogens with zero attached hydrogens (tertiary/aromatic N) is 4. The number of aromatic nitrogens is 4. The minimum absolute atomic E-state index is 0.654. The average molecular weight is 413 g/mol. The second kappa shape index (κ2) is 8.08. The molecule has 152 valence electrons. The molecule has 0 atom stereocenters. The van der Waals surface area contributed by atoms with E-state index in [1.54, 1.807) is 12.3 Å². The summed E-state index contributed by atoms with van der Waals surface area (Å²) in [5.74, 6) is -2.76. The zero-order valence-electron chi connectivity index (χ0n) is 15.5. The highest BCUT2D eigenvalue weighted by molar-refractivity contribution is 5.92. The van der Waals surface area contributed by atoms with Crippen LogP contribution in [0.3, 0.4) is 0 Å². The van der Waals surface area contributed by atoms with Crippen LogP contribution in [0, 0.1) is 18.3 Å². The molecule has 0 aliphatic rings. The minimum atomic E-state index is -5.08. The molecule has 0 radical (unpaired) electrons. The van der Waals surface area contributed by atoms with Crippen molar-refractivity contribution in [1.82, 2.24) is 19.7 Å². The average Bonchev–Trinajstić information content (AvgIpc) is 3.37. The summed E-state index contributed by atoms with van der Waals surface area (Å²) in [5.41, 5.74) is 5.62. The van der Waals surface area contributed by atoms with E-state index in [0.29, 0.717) is 5.56 Å². The van der Waals surface area contributed by atoms with Crippen LogP contribution in [0.1, 0.15) is 11.1 Å². The molecule has 30 heavy (non-hydrogen) atoms. The van der Waals surface area contributed by atoms with E-state index >= 15 is 0 Å². The van der Waals surface area contributed by atoms with E-state index in [-0.39, 0.29) is 0 Å². The van der Waals surface area contributed by atoms with Crippen molar-refractivity contribution in [3.05, 3.63) is 66.2 Å². The molecule has 3 aromatic heterocycles. The number of rotatable bonds is 2. The largest absolute Gasteiger partial charge is 0.490 e. The van der Waals surface area contributed by atoms with Gasteiger partial charge in [0.1, 0.15) is 5.65 Å². The van der Waals surface area contributed by atoms with Crippen LogP contribution in [0.2, 0.25) is 0 Å². The Balaban J connectivity index is 0.000000318. The number of carboxylic acids is 1. The SMILES string of the molecule is Cc1cc(C#N)ccc1-n1cc(-c2ccnc3[nH]ccc23)cn1.O=C(O)C(F)(F)F. The lowest BCUT2D eigenvalue weighted by Crippen LogP contribution is -2.21. The van der Waals surface area contributed by atoms with Gasteiger partial charge in [0.2, 0.25) is 0 Å². The van der Waals surface area contributed by atoms with E-state index in [4.69, 9.17) is 15.2 Å². The normalized spacial score (nSPS) is 10.9. The molecule has 0 spiro atoms. The van der Waals surface area contributed by atoms with Gasteiger partial charge in [-0.15, -0.1) is 0 Å². The van der Waals surface area contributed by atoms with Crippen LogP contribution >= 0.6 is 0 Å². The second-order valence-electron chi connectivity index (χ2n) is 6.19. The molecule has 0 amide bonds. The van der Waals surface area contributed by atoms with Crippen molar-refractivity contribution in [3.8, 4) is 22.9 Å². The van der Waals surface area contributed by atoms with Gasteiger partial charge in [0.15, 0.2) is 0 Å². The van der Waals surface area contributed by atoms with E-state index in [0.717, 1.165) is 33.4 Å². The standard InChI is InChI=1S/C18H13N5.C2HF3O2/c1-12-8-13(9-19)2-3-17(12)23-11-14(10-22-23)15-4-6-20-18-16(15)5-7-21-18;3-2(4,5)1(6)7/h2-8,10-11H,1H3,(H,20,21);(H,6,7). The van der Waals surface area contributed by atoms with Crippen LogP contribution in [-0.2, 0) is 4.79 Å². The number of aromatic amines is 1. The molecule has 2 N–H and O–H groups in total. The Bertz CT molecular complexity index is 1250. The number of carboxylic acid groups (broad SMARTS) is 1. The number of nitriles is 1. The number of nitrogens with one attached hydrogen (secondary N) is 1. The first-order valence-corrected chi connectivity index (χ1v) is 8.49. The fourth-order valence-corrected chi connectivity index (χ4v) is 2.79. The first-order valence-electron chi connectivity index (χ1n) is 8.49. The monoisotopic (exact) mass is 413 g/mol. The topological polar surface area (TPSA) is 108 Å². The van der Waals surface area contributed by atoms with Crippen LogP contribution in [0.25, 0.3) is 27.8 Å². The Labute approximate surface area is 168 Å². The molecular weight excluding hydrogens is 399 g/mol. The van der Waals surface area contributed by atoms with Gasteiger partial charge in [-0.3, -0.25) is 0 Å². The fraction of sp³-hybridized carbons (Fsp3) is 0.100. The number of benzene rings is 1. The summed E-state index contributed by atoms with van der Waals surface area (Å²) in [6, 6.07) is 11.8. The van der Waals surface area contributed by atoms with Crippen molar-refractivity contribution in [2.75, 3.05) is 0 Å². The third-order valence-corrected chi connectivity index (χ3v) is 4.17. The fourth-order valence-electron chi connectivity index (χ4n) is 2.79. The number of fused-ring (bicyclic) bond motifs is 1. The van der Waals surface area contributed by atoms with Crippen LogP contribution in [0.4, 0.5) is 13.2 Å². The molecule has 1 aromatic carbocycles. The molecule has 0 saturated carbocycles. The van der Waals surface area contributed by atoms with Crippen molar-refractivity contribution in [2.24, 2.45) is 0 Å². The number of H-pyrrole nitrogens is 1. The minimum Gasteiger partial charge on any atom is -0.475 e. The summed E-state index contributed by atoms with van der Waals surface area (Å²) in [5, 5.41) is 21.6. The molecule has 10 heteroatoms. The van der Waals surface area contributed by atoms with E-state index < -0.39 is 12.1 Å². The molecule has 7 nitrogen and oxygen atoms in total. The molecule has 0 unspecified atom stereocenters. The van der Waals surface area contributed by atoms with Gasteiger partial charge in [-0.25, -0.2) is 14.5 Å². The summed E-state index contributed by atoms with van der Waals surface area (Å²) in [7, 11) is 0. The maximum atomic E-state index is 10.6. The first-order chi connectivity index (χ1) is 14.2. The summed E-state index contributed by atoms with van der Waals surface area (Å²) in [6.07, 6.45) is 2.43. The number of alkyl halides is 3. The van der Waals surface area contributed by atoms with Crippen molar-refractivity contribution >= 4 is 17.0 Å². The molecule has 0 bridgehead atoms. The lowest BCUT2D eigenvalue weighted by Gasteiger charge is -2.05. The maximum Gasteiger partial charge on any atom is 0.490 e. The number of pyridine rings is 1. The highest BCUT2D eigenvalue weighted by Crippen LogP contribution is 2.27. The first kappa shape index (κ1) is 20.6. The number of hydrogen-bond donors (Lipinski definition) is 2. The number of aliphatic carboxylic acids is 1. The molecule has 0 saturated heterocycles. The van der Waals surface area contributed by atoms with Gasteiger partial charge >= 0.3 is 12.1 Å². The molecule has 0 fully saturated rings. The summed E-state index contributed by atoms with van der Waals surface area (Å²) < 4.78 is 33.6. The Kier molecular flexibility index (Phi) is 5.55. The Morgan fingerprint density at radius 3 is 2.63 bits per heavy atom. The Morgan fingerprint density at radius 1 is 1.27 bits per heavy atom. The van der Waals surface area contributed by atoms with Gasteiger partial charge in [0.25, 0.3) is 0 Å². The number of carbonyl (C=O) groups is 1. The van der Waals surface area contributed by atoms with Crippen LogP contribution < -0.4 is 0 Å². The number of halogens is 3. The molecule has 4 aromatic rings. The summed E-state index contributed by atoms with van der Waals surface area (Å²) in [6.45, 7) is 1.98. The summed E-state index contributed by atoms with van der Waals surface area (Å²) >= 11 is 0. The van der Waals surface area contributed by atoms with Gasteiger partial charge < -0.3 is 10.1 Å². The third kappa shape index (κ3) is 4.30. The van der Waals surface area contributed by atoms with E-state index in [2.05, 4.69) is 21.1 Å².